The van der Waals surface area contributed by atoms with Crippen molar-refractivity contribution in [3.05, 3.63) is 54.6 Å². The normalized spacial score (nSPS) is 20.5. The van der Waals surface area contributed by atoms with Crippen molar-refractivity contribution in [3.8, 4) is 11.1 Å². The first kappa shape index (κ1) is 17.2. The third kappa shape index (κ3) is 3.64. The van der Waals surface area contributed by atoms with Gasteiger partial charge >= 0.3 is 0 Å². The quantitative estimate of drug-likeness (QED) is 0.735. The number of aryl methyl sites for hydroxylation is 1. The highest BCUT2D eigenvalue weighted by molar-refractivity contribution is 5.82. The number of rotatable bonds is 5. The van der Waals surface area contributed by atoms with Crippen molar-refractivity contribution < 1.29 is 9.50 Å². The van der Waals surface area contributed by atoms with E-state index in [1.165, 1.54) is 6.07 Å². The zero-order valence-electron chi connectivity index (χ0n) is 14.7. The van der Waals surface area contributed by atoms with E-state index in [9.17, 15) is 9.50 Å². The lowest BCUT2D eigenvalue weighted by atomic mass is 9.97. The van der Waals surface area contributed by atoms with Crippen LogP contribution < -0.4 is 5.32 Å². The number of aliphatic hydroxyl groups excluding tert-OH is 1. The number of hydrogen-bond acceptors (Lipinski definition) is 3. The van der Waals surface area contributed by atoms with Crippen LogP contribution in [0.5, 0.6) is 0 Å². The molecule has 4 nitrogen and oxygen atoms in total. The number of fused-ring (bicyclic) bond motifs is 1. The predicted molar refractivity (Wildman–Crippen MR) is 101 cm³/mol. The van der Waals surface area contributed by atoms with Gasteiger partial charge in [-0.3, -0.25) is 0 Å². The summed E-state index contributed by atoms with van der Waals surface area (Å²) in [5, 5.41) is 13.5. The van der Waals surface area contributed by atoms with Gasteiger partial charge in [0.05, 0.1) is 23.5 Å². The van der Waals surface area contributed by atoms with E-state index in [1.807, 2.05) is 24.5 Å². The largest absolute Gasteiger partial charge is 0.392 e. The lowest BCUT2D eigenvalue weighted by Gasteiger charge is -2.29. The smallest absolute Gasteiger partial charge is 0.123 e. The molecule has 0 spiro atoms. The second kappa shape index (κ2) is 7.56. The number of benzene rings is 2. The molecule has 0 unspecified atom stereocenters. The number of imidazole rings is 1. The molecular formula is C21H24FN3O. The van der Waals surface area contributed by atoms with Crippen LogP contribution in [0.25, 0.3) is 22.2 Å². The summed E-state index contributed by atoms with van der Waals surface area (Å²) in [6, 6.07) is 12.9. The monoisotopic (exact) mass is 353 g/mol. The van der Waals surface area contributed by atoms with Crippen LogP contribution in [0.1, 0.15) is 25.7 Å². The number of piperidine rings is 1. The van der Waals surface area contributed by atoms with Gasteiger partial charge < -0.3 is 15.0 Å². The van der Waals surface area contributed by atoms with Crippen LogP contribution in [-0.2, 0) is 6.54 Å². The summed E-state index contributed by atoms with van der Waals surface area (Å²) < 4.78 is 15.7. The molecule has 3 aromatic rings. The summed E-state index contributed by atoms with van der Waals surface area (Å²) in [5.74, 6) is -0.227. The van der Waals surface area contributed by atoms with Crippen LogP contribution in [0.3, 0.4) is 0 Å². The minimum absolute atomic E-state index is 0.196. The Morgan fingerprint density at radius 3 is 2.92 bits per heavy atom. The molecule has 2 atom stereocenters. The molecule has 1 fully saturated rings. The van der Waals surface area contributed by atoms with Crippen LogP contribution in [0.15, 0.2) is 48.8 Å². The summed E-state index contributed by atoms with van der Waals surface area (Å²) in [6.45, 7) is 1.85. The average molecular weight is 353 g/mol. The number of aromatic nitrogens is 2. The molecule has 2 N–H and O–H groups in total. The Morgan fingerprint density at radius 2 is 2.08 bits per heavy atom. The maximum atomic E-state index is 13.5. The van der Waals surface area contributed by atoms with Gasteiger partial charge in [0.2, 0.25) is 0 Å². The molecule has 1 saturated heterocycles. The molecule has 0 radical (unpaired) electrons. The van der Waals surface area contributed by atoms with Crippen LogP contribution in [0.4, 0.5) is 4.39 Å². The summed E-state index contributed by atoms with van der Waals surface area (Å²) in [5.41, 5.74) is 3.86. The van der Waals surface area contributed by atoms with Gasteiger partial charge in [-0.1, -0.05) is 18.2 Å². The van der Waals surface area contributed by atoms with Gasteiger partial charge in [-0.25, -0.2) is 9.37 Å². The first-order chi connectivity index (χ1) is 12.7. The highest BCUT2D eigenvalue weighted by atomic mass is 19.1. The molecular weight excluding hydrogens is 329 g/mol. The van der Waals surface area contributed by atoms with Crippen molar-refractivity contribution in [2.24, 2.45) is 0 Å². The fourth-order valence-electron chi connectivity index (χ4n) is 3.79. The van der Waals surface area contributed by atoms with Gasteiger partial charge in [0.25, 0.3) is 0 Å². The van der Waals surface area contributed by atoms with Gasteiger partial charge in [0.1, 0.15) is 5.82 Å². The van der Waals surface area contributed by atoms with Gasteiger partial charge in [-0.15, -0.1) is 0 Å². The Kier molecular flexibility index (Phi) is 5.00. The highest BCUT2D eigenvalue weighted by Crippen LogP contribution is 2.25. The van der Waals surface area contributed by atoms with Crippen molar-refractivity contribution >= 4 is 11.0 Å². The fourth-order valence-corrected chi connectivity index (χ4v) is 3.79. The van der Waals surface area contributed by atoms with E-state index in [0.717, 1.165) is 60.9 Å². The molecule has 0 bridgehead atoms. The summed E-state index contributed by atoms with van der Waals surface area (Å²) in [7, 11) is 0. The SMILES string of the molecule is O[C@H]1CCCN[C@@H]1CCCn1cnc2ccc(-c3cccc(F)c3)cc21. The molecule has 0 aliphatic carbocycles. The molecule has 1 aliphatic rings. The van der Waals surface area contributed by atoms with Crippen molar-refractivity contribution in [3.63, 3.8) is 0 Å². The Hall–Kier alpha value is -2.24. The molecule has 0 saturated carbocycles. The zero-order valence-corrected chi connectivity index (χ0v) is 14.7. The molecule has 5 heteroatoms. The maximum Gasteiger partial charge on any atom is 0.123 e. The fraction of sp³-hybridized carbons (Fsp3) is 0.381. The minimum Gasteiger partial charge on any atom is -0.392 e. The maximum absolute atomic E-state index is 13.5. The summed E-state index contributed by atoms with van der Waals surface area (Å²) in [6.07, 6.45) is 5.50. The molecule has 2 heterocycles. The first-order valence-electron chi connectivity index (χ1n) is 9.33. The Labute approximate surface area is 152 Å². The number of nitrogens with zero attached hydrogens (tertiary/aromatic N) is 2. The van der Waals surface area contributed by atoms with E-state index in [1.54, 1.807) is 12.1 Å². The van der Waals surface area contributed by atoms with E-state index >= 15 is 0 Å². The summed E-state index contributed by atoms with van der Waals surface area (Å²) in [4.78, 5) is 4.48. The number of halogens is 1. The lowest BCUT2D eigenvalue weighted by molar-refractivity contribution is 0.0909. The Morgan fingerprint density at radius 1 is 1.19 bits per heavy atom. The van der Waals surface area contributed by atoms with Gasteiger partial charge in [0, 0.05) is 12.6 Å². The minimum atomic E-state index is -0.233. The standard InChI is InChI=1S/C21H24FN3O/c22-17-5-1-4-15(12-17)16-8-9-18-20(13-16)25(14-24-18)11-3-6-19-21(26)7-2-10-23-19/h1,4-5,8-9,12-14,19,21,23,26H,2-3,6-7,10-11H2/t19-,21+/m1/s1. The van der Waals surface area contributed by atoms with E-state index in [-0.39, 0.29) is 18.0 Å². The third-order valence-electron chi connectivity index (χ3n) is 5.24. The molecule has 1 aromatic heterocycles. The zero-order chi connectivity index (χ0) is 17.9. The van der Waals surface area contributed by atoms with Crippen molar-refractivity contribution in [1.29, 1.82) is 0 Å². The molecule has 26 heavy (non-hydrogen) atoms. The van der Waals surface area contributed by atoms with E-state index in [4.69, 9.17) is 0 Å². The number of aliphatic hydroxyl groups is 1. The molecule has 4 rings (SSSR count). The van der Waals surface area contributed by atoms with Crippen LogP contribution in [0.2, 0.25) is 0 Å². The molecule has 136 valence electrons. The van der Waals surface area contributed by atoms with Crippen LogP contribution in [0, 0.1) is 5.82 Å². The average Bonchev–Trinajstić information content (AvgIpc) is 3.06. The Balaban J connectivity index is 1.49. The summed E-state index contributed by atoms with van der Waals surface area (Å²) >= 11 is 0. The topological polar surface area (TPSA) is 50.1 Å². The van der Waals surface area contributed by atoms with E-state index in [0.29, 0.717) is 0 Å². The number of hydrogen-bond donors (Lipinski definition) is 2. The Bertz CT molecular complexity index is 892. The predicted octanol–water partition coefficient (Wildman–Crippen LogP) is 3.74. The van der Waals surface area contributed by atoms with Crippen molar-refractivity contribution in [1.82, 2.24) is 14.9 Å². The molecule has 0 amide bonds. The van der Waals surface area contributed by atoms with Gasteiger partial charge in [-0.05, 0) is 67.6 Å². The highest BCUT2D eigenvalue weighted by Gasteiger charge is 2.21. The van der Waals surface area contributed by atoms with Crippen molar-refractivity contribution in [2.75, 3.05) is 6.54 Å². The van der Waals surface area contributed by atoms with E-state index in [2.05, 4.69) is 20.9 Å². The molecule has 2 aromatic carbocycles. The van der Waals surface area contributed by atoms with Gasteiger partial charge in [0.15, 0.2) is 0 Å². The van der Waals surface area contributed by atoms with E-state index < -0.39 is 0 Å². The third-order valence-corrected chi connectivity index (χ3v) is 5.24. The second-order valence-corrected chi connectivity index (χ2v) is 7.06. The lowest BCUT2D eigenvalue weighted by Crippen LogP contribution is -2.44. The van der Waals surface area contributed by atoms with Gasteiger partial charge in [-0.2, -0.15) is 0 Å². The number of nitrogens with one attached hydrogen (secondary N) is 1. The first-order valence-corrected chi connectivity index (χ1v) is 9.33. The second-order valence-electron chi connectivity index (χ2n) is 7.06. The molecule has 1 aliphatic heterocycles. The van der Waals surface area contributed by atoms with Crippen LogP contribution >= 0.6 is 0 Å². The van der Waals surface area contributed by atoms with Crippen molar-refractivity contribution in [2.45, 2.75) is 44.4 Å². The van der Waals surface area contributed by atoms with Crippen LogP contribution in [-0.4, -0.2) is 33.3 Å².